The molecule has 5 rings (SSSR count). The Bertz CT molecular complexity index is 1500. The van der Waals surface area contributed by atoms with E-state index in [4.69, 9.17) is 0 Å². The summed E-state index contributed by atoms with van der Waals surface area (Å²) in [5.41, 5.74) is 4.67. The summed E-state index contributed by atoms with van der Waals surface area (Å²) in [6.45, 7) is 21.2. The summed E-state index contributed by atoms with van der Waals surface area (Å²) in [6, 6.07) is 7.40. The molecule has 52 heavy (non-hydrogen) atoms. The maximum atomic E-state index is 11.5. The van der Waals surface area contributed by atoms with Crippen LogP contribution in [-0.4, -0.2) is 69.8 Å². The topological polar surface area (TPSA) is 127 Å². The average Bonchev–Trinajstić information content (AvgIpc) is 3.46. The Kier molecular flexibility index (Phi) is 12.2. The number of aromatic carboxylic acids is 1. The lowest BCUT2D eigenvalue weighted by Crippen LogP contribution is -2.66. The molecular formula is C44H66N2O6. The van der Waals surface area contributed by atoms with Gasteiger partial charge in [0.2, 0.25) is 0 Å². The minimum absolute atomic E-state index is 0.0126. The molecule has 4 N–H and O–H groups in total. The second-order valence-electron chi connectivity index (χ2n) is 18.2. The lowest BCUT2D eigenvalue weighted by atomic mass is 9.36. The number of nitrogens with one attached hydrogen (secondary N) is 1. The van der Waals surface area contributed by atoms with E-state index in [-0.39, 0.29) is 34.6 Å². The number of benzene rings is 1. The zero-order valence-electron chi connectivity index (χ0n) is 32.8. The fourth-order valence-corrected chi connectivity index (χ4v) is 12.3. The van der Waals surface area contributed by atoms with Crippen molar-refractivity contribution in [3.05, 3.63) is 53.6 Å². The van der Waals surface area contributed by atoms with Crippen LogP contribution >= 0.6 is 0 Å². The summed E-state index contributed by atoms with van der Waals surface area (Å²) >= 11 is 0. The van der Waals surface area contributed by atoms with Crippen molar-refractivity contribution in [3.8, 4) is 0 Å². The molecule has 4 aliphatic rings. The van der Waals surface area contributed by atoms with Crippen molar-refractivity contribution in [1.29, 1.82) is 0 Å². The van der Waals surface area contributed by atoms with Gasteiger partial charge in [-0.05, 0) is 134 Å². The highest BCUT2D eigenvalue weighted by atomic mass is 16.4. The summed E-state index contributed by atoms with van der Waals surface area (Å²) in [5, 5.41) is 32.1. The monoisotopic (exact) mass is 718 g/mol. The van der Waals surface area contributed by atoms with E-state index in [1.165, 1.54) is 49.7 Å². The van der Waals surface area contributed by atoms with Crippen LogP contribution in [0.25, 0.3) is 5.57 Å². The number of fused-ring (bicyclic) bond motifs is 5. The Morgan fingerprint density at radius 2 is 1.50 bits per heavy atom. The van der Waals surface area contributed by atoms with Crippen molar-refractivity contribution in [1.82, 2.24) is 10.2 Å². The molecule has 0 saturated heterocycles. The molecule has 1 aromatic rings. The summed E-state index contributed by atoms with van der Waals surface area (Å²) in [5.74, 6) is -0.0776. The summed E-state index contributed by atoms with van der Waals surface area (Å²) in [7, 11) is 0. The second-order valence-corrected chi connectivity index (χ2v) is 18.2. The Morgan fingerprint density at radius 3 is 2.08 bits per heavy atom. The largest absolute Gasteiger partial charge is 0.481 e. The molecule has 4 fully saturated rings. The van der Waals surface area contributed by atoms with E-state index in [0.29, 0.717) is 54.8 Å². The van der Waals surface area contributed by atoms with E-state index < -0.39 is 17.9 Å². The van der Waals surface area contributed by atoms with Crippen molar-refractivity contribution in [2.45, 2.75) is 124 Å². The molecule has 0 heterocycles. The van der Waals surface area contributed by atoms with E-state index in [1.54, 1.807) is 12.1 Å². The zero-order valence-corrected chi connectivity index (χ0v) is 32.8. The molecular weight excluding hydrogens is 652 g/mol. The van der Waals surface area contributed by atoms with Gasteiger partial charge in [0.25, 0.3) is 0 Å². The van der Waals surface area contributed by atoms with Crippen molar-refractivity contribution in [2.24, 2.45) is 45.8 Å². The maximum Gasteiger partial charge on any atom is 0.335 e. The Labute approximate surface area is 312 Å². The first-order valence-corrected chi connectivity index (χ1v) is 20.1. The smallest absolute Gasteiger partial charge is 0.335 e. The molecule has 0 radical (unpaired) electrons. The first-order chi connectivity index (χ1) is 24.5. The standard InChI is InChI=1S/C44H66N2O6/c1-29(2)33(31-9-11-32(12-10-31)40(51)52)15-21-41(5)19-8-20-43(7)36(41)14-13-35-39-34(30(3)4)16-22-44(39,24-23-42(35,43)6)45-25-28-46(26-17-37(47)48)27-18-38(49)50/h9-12,15,29,34-36,39,45H,3,8,13-14,16-28H2,1-2,4-7H3,(H,47,48)(H,49,50)(H,51,52). The van der Waals surface area contributed by atoms with Gasteiger partial charge in [-0.3, -0.25) is 9.59 Å². The van der Waals surface area contributed by atoms with Gasteiger partial charge in [0.05, 0.1) is 18.4 Å². The third kappa shape index (κ3) is 7.80. The molecule has 0 amide bonds. The molecule has 0 aliphatic heterocycles. The van der Waals surface area contributed by atoms with Crippen LogP contribution in [0.2, 0.25) is 0 Å². The summed E-state index contributed by atoms with van der Waals surface area (Å²) < 4.78 is 0. The van der Waals surface area contributed by atoms with Gasteiger partial charge in [-0.15, -0.1) is 0 Å². The second kappa shape index (κ2) is 15.8. The Hall–Kier alpha value is -2.97. The predicted molar refractivity (Wildman–Crippen MR) is 207 cm³/mol. The molecule has 0 spiro atoms. The van der Waals surface area contributed by atoms with Gasteiger partial charge >= 0.3 is 17.9 Å². The SMILES string of the molecule is C=C(C)C1CCC2(NCCN(CCC(=O)O)CCC(=O)O)CCC3(C)C(CCC4C(C)(CC=C(c5ccc(C(=O)O)cc5)C(C)C)CCCC43C)C12. The van der Waals surface area contributed by atoms with Gasteiger partial charge in [0.15, 0.2) is 0 Å². The van der Waals surface area contributed by atoms with Crippen LogP contribution in [0.4, 0.5) is 0 Å². The number of rotatable bonds is 16. The van der Waals surface area contributed by atoms with Crippen molar-refractivity contribution >= 4 is 23.5 Å². The van der Waals surface area contributed by atoms with Crippen LogP contribution in [0.1, 0.15) is 135 Å². The Balaban J connectivity index is 1.38. The van der Waals surface area contributed by atoms with Crippen LogP contribution in [0.5, 0.6) is 0 Å². The number of carboxylic acid groups (broad SMARTS) is 3. The van der Waals surface area contributed by atoms with Crippen LogP contribution < -0.4 is 5.32 Å². The van der Waals surface area contributed by atoms with Crippen molar-refractivity contribution in [2.75, 3.05) is 26.2 Å². The summed E-state index contributed by atoms with van der Waals surface area (Å²) in [6.07, 6.45) is 14.3. The fraction of sp³-hybridized carbons (Fsp3) is 0.705. The van der Waals surface area contributed by atoms with Crippen LogP contribution in [0.3, 0.4) is 0 Å². The fourth-order valence-electron chi connectivity index (χ4n) is 12.3. The molecule has 8 unspecified atom stereocenters. The number of hydrogen-bond donors (Lipinski definition) is 4. The lowest BCUT2D eigenvalue weighted by Gasteiger charge is -2.70. The molecule has 1 aromatic carbocycles. The zero-order chi connectivity index (χ0) is 38.1. The van der Waals surface area contributed by atoms with Gasteiger partial charge < -0.3 is 25.5 Å². The van der Waals surface area contributed by atoms with Crippen LogP contribution in [0.15, 0.2) is 42.5 Å². The average molecular weight is 719 g/mol. The molecule has 4 saturated carbocycles. The van der Waals surface area contributed by atoms with Gasteiger partial charge in [-0.25, -0.2) is 4.79 Å². The number of carbonyl (C=O) groups is 3. The predicted octanol–water partition coefficient (Wildman–Crippen LogP) is 9.02. The van der Waals surface area contributed by atoms with Gasteiger partial charge in [-0.1, -0.05) is 71.4 Å². The van der Waals surface area contributed by atoms with Crippen molar-refractivity contribution in [3.63, 3.8) is 0 Å². The third-order valence-corrected chi connectivity index (χ3v) is 15.1. The molecule has 8 nitrogen and oxygen atoms in total. The molecule has 4 aliphatic carbocycles. The maximum absolute atomic E-state index is 11.5. The molecule has 0 aromatic heterocycles. The highest BCUT2D eigenvalue weighted by Gasteiger charge is 2.68. The Morgan fingerprint density at radius 1 is 0.865 bits per heavy atom. The van der Waals surface area contributed by atoms with E-state index in [1.807, 2.05) is 17.0 Å². The lowest BCUT2D eigenvalue weighted by molar-refractivity contribution is -0.197. The van der Waals surface area contributed by atoms with E-state index in [0.717, 1.165) is 37.8 Å². The number of carboxylic acids is 3. The summed E-state index contributed by atoms with van der Waals surface area (Å²) in [4.78, 5) is 36.2. The minimum Gasteiger partial charge on any atom is -0.481 e. The number of hydrogen-bond acceptors (Lipinski definition) is 5. The third-order valence-electron chi connectivity index (χ3n) is 15.1. The van der Waals surface area contributed by atoms with Gasteiger partial charge in [-0.2, -0.15) is 0 Å². The number of nitrogens with zero attached hydrogens (tertiary/aromatic N) is 1. The van der Waals surface area contributed by atoms with Crippen LogP contribution in [0, 0.1) is 45.8 Å². The number of aliphatic carboxylic acids is 2. The molecule has 0 bridgehead atoms. The van der Waals surface area contributed by atoms with E-state index >= 15 is 0 Å². The van der Waals surface area contributed by atoms with Gasteiger partial charge in [0, 0.05) is 31.7 Å². The highest BCUT2D eigenvalue weighted by molar-refractivity contribution is 5.88. The van der Waals surface area contributed by atoms with E-state index in [2.05, 4.69) is 59.5 Å². The quantitative estimate of drug-likeness (QED) is 0.125. The van der Waals surface area contributed by atoms with E-state index in [9.17, 15) is 29.7 Å². The first kappa shape index (κ1) is 40.2. The van der Waals surface area contributed by atoms with Gasteiger partial charge in [0.1, 0.15) is 0 Å². The highest BCUT2D eigenvalue weighted by Crippen LogP contribution is 2.73. The molecule has 8 heteroatoms. The molecule has 8 atom stereocenters. The molecule has 288 valence electrons. The normalized spacial score (nSPS) is 34.4. The minimum atomic E-state index is -0.893. The van der Waals surface area contributed by atoms with Crippen molar-refractivity contribution < 1.29 is 29.7 Å². The van der Waals surface area contributed by atoms with Crippen LogP contribution in [-0.2, 0) is 9.59 Å². The first-order valence-electron chi connectivity index (χ1n) is 20.1. The number of allylic oxidation sites excluding steroid dienone is 3.